The number of anilines is 2. The van der Waals surface area contributed by atoms with Crippen molar-refractivity contribution < 1.29 is 14.3 Å². The van der Waals surface area contributed by atoms with Crippen LogP contribution in [0.25, 0.3) is 0 Å². The second kappa shape index (κ2) is 5.81. The Morgan fingerprint density at radius 2 is 2.13 bits per heavy atom. The van der Waals surface area contributed by atoms with Crippen LogP contribution < -0.4 is 15.4 Å². The maximum atomic E-state index is 12.3. The monoisotopic (exact) mass is 307 g/mol. The molecule has 6 nitrogen and oxygen atoms in total. The Bertz CT molecular complexity index is 839. The van der Waals surface area contributed by atoms with E-state index >= 15 is 0 Å². The number of hydrogen-bond donors (Lipinski definition) is 2. The Kier molecular flexibility index (Phi) is 3.69. The summed E-state index contributed by atoms with van der Waals surface area (Å²) in [5.74, 6) is -0.0883. The fourth-order valence-corrected chi connectivity index (χ4v) is 2.21. The molecule has 1 unspecified atom stereocenters. The zero-order valence-electron chi connectivity index (χ0n) is 12.3. The molecular weight excluding hydrogens is 294 g/mol. The molecular formula is C17H13N3O3. The van der Waals surface area contributed by atoms with Gasteiger partial charge in [0, 0.05) is 11.3 Å². The lowest BCUT2D eigenvalue weighted by Crippen LogP contribution is -2.34. The van der Waals surface area contributed by atoms with E-state index in [4.69, 9.17) is 10.00 Å². The standard InChI is InChI=1S/C17H13N3O3/c1-10-16(21)20-14-6-5-12(8-15(14)23-10)17(22)19-13-4-2-3-11(7-13)9-18/h2-8,10H,1H3,(H,19,22)(H,20,21). The number of nitrogens with one attached hydrogen (secondary N) is 2. The third-order valence-electron chi connectivity index (χ3n) is 3.42. The predicted octanol–water partition coefficient (Wildman–Crippen LogP) is 2.53. The first kappa shape index (κ1) is 14.6. The molecule has 0 fully saturated rings. The maximum absolute atomic E-state index is 12.3. The molecule has 2 N–H and O–H groups in total. The van der Waals surface area contributed by atoms with Gasteiger partial charge >= 0.3 is 0 Å². The van der Waals surface area contributed by atoms with Crippen LogP contribution in [0.3, 0.4) is 0 Å². The molecule has 1 heterocycles. The molecule has 1 atom stereocenters. The lowest BCUT2D eigenvalue weighted by atomic mass is 10.1. The zero-order valence-corrected chi connectivity index (χ0v) is 12.3. The molecule has 0 spiro atoms. The number of nitrogens with zero attached hydrogens (tertiary/aromatic N) is 1. The highest BCUT2D eigenvalue weighted by atomic mass is 16.5. The van der Waals surface area contributed by atoms with Crippen molar-refractivity contribution in [1.29, 1.82) is 5.26 Å². The van der Waals surface area contributed by atoms with Gasteiger partial charge in [0.2, 0.25) is 0 Å². The largest absolute Gasteiger partial charge is 0.479 e. The lowest BCUT2D eigenvalue weighted by Gasteiger charge is -2.23. The Balaban J connectivity index is 1.82. The third kappa shape index (κ3) is 2.99. The summed E-state index contributed by atoms with van der Waals surface area (Å²) in [7, 11) is 0. The van der Waals surface area contributed by atoms with Gasteiger partial charge in [0.15, 0.2) is 6.10 Å². The molecule has 114 valence electrons. The van der Waals surface area contributed by atoms with E-state index in [-0.39, 0.29) is 11.8 Å². The van der Waals surface area contributed by atoms with E-state index in [1.165, 1.54) is 0 Å². The van der Waals surface area contributed by atoms with E-state index in [0.29, 0.717) is 28.3 Å². The summed E-state index contributed by atoms with van der Waals surface area (Å²) in [4.78, 5) is 23.8. The Morgan fingerprint density at radius 1 is 1.30 bits per heavy atom. The number of nitriles is 1. The van der Waals surface area contributed by atoms with Gasteiger partial charge in [-0.05, 0) is 43.3 Å². The summed E-state index contributed by atoms with van der Waals surface area (Å²) < 4.78 is 5.49. The third-order valence-corrected chi connectivity index (χ3v) is 3.42. The number of hydrogen-bond acceptors (Lipinski definition) is 4. The molecule has 6 heteroatoms. The van der Waals surface area contributed by atoms with Gasteiger partial charge < -0.3 is 15.4 Å². The number of ether oxygens (including phenoxy) is 1. The van der Waals surface area contributed by atoms with Gasteiger partial charge in [-0.3, -0.25) is 9.59 Å². The van der Waals surface area contributed by atoms with Crippen LogP contribution in [-0.4, -0.2) is 17.9 Å². The first-order chi connectivity index (χ1) is 11.1. The first-order valence-corrected chi connectivity index (χ1v) is 7.00. The summed E-state index contributed by atoms with van der Waals surface area (Å²) in [6, 6.07) is 13.5. The number of rotatable bonds is 2. The van der Waals surface area contributed by atoms with Gasteiger partial charge in [-0.25, -0.2) is 0 Å². The molecule has 0 aliphatic carbocycles. The van der Waals surface area contributed by atoms with E-state index in [1.807, 2.05) is 6.07 Å². The first-order valence-electron chi connectivity index (χ1n) is 7.00. The maximum Gasteiger partial charge on any atom is 0.265 e. The highest BCUT2D eigenvalue weighted by Crippen LogP contribution is 2.30. The van der Waals surface area contributed by atoms with Gasteiger partial charge in [-0.1, -0.05) is 6.07 Å². The van der Waals surface area contributed by atoms with Crippen LogP contribution in [0.15, 0.2) is 42.5 Å². The van der Waals surface area contributed by atoms with Crippen molar-refractivity contribution in [2.75, 3.05) is 10.6 Å². The van der Waals surface area contributed by atoms with Gasteiger partial charge in [-0.15, -0.1) is 0 Å². The number of fused-ring (bicyclic) bond motifs is 1. The lowest BCUT2D eigenvalue weighted by molar-refractivity contribution is -0.122. The van der Waals surface area contributed by atoms with E-state index in [9.17, 15) is 9.59 Å². The highest BCUT2D eigenvalue weighted by Gasteiger charge is 2.24. The summed E-state index contributed by atoms with van der Waals surface area (Å²) in [6.07, 6.45) is -0.604. The molecule has 23 heavy (non-hydrogen) atoms. The average molecular weight is 307 g/mol. The molecule has 1 aliphatic heterocycles. The van der Waals surface area contributed by atoms with Crippen molar-refractivity contribution in [2.24, 2.45) is 0 Å². The molecule has 0 saturated carbocycles. The van der Waals surface area contributed by atoms with Crippen LogP contribution in [0.1, 0.15) is 22.8 Å². The summed E-state index contributed by atoms with van der Waals surface area (Å²) in [5, 5.41) is 14.3. The minimum Gasteiger partial charge on any atom is -0.479 e. The van der Waals surface area contributed by atoms with Crippen LogP contribution in [-0.2, 0) is 4.79 Å². The highest BCUT2D eigenvalue weighted by molar-refractivity contribution is 6.06. The van der Waals surface area contributed by atoms with Crippen LogP contribution in [0.2, 0.25) is 0 Å². The molecule has 0 aromatic heterocycles. The van der Waals surface area contributed by atoms with Crippen LogP contribution in [0.5, 0.6) is 5.75 Å². The molecule has 0 saturated heterocycles. The minimum atomic E-state index is -0.604. The zero-order chi connectivity index (χ0) is 16.4. The smallest absolute Gasteiger partial charge is 0.265 e. The number of amides is 2. The normalized spacial score (nSPS) is 15.7. The van der Waals surface area contributed by atoms with Crippen molar-refractivity contribution in [3.63, 3.8) is 0 Å². The Hall–Kier alpha value is -3.33. The Labute approximate surface area is 132 Å². The topological polar surface area (TPSA) is 91.2 Å². The average Bonchev–Trinajstić information content (AvgIpc) is 2.55. The molecule has 0 radical (unpaired) electrons. The van der Waals surface area contributed by atoms with Crippen molar-refractivity contribution in [2.45, 2.75) is 13.0 Å². The van der Waals surface area contributed by atoms with E-state index in [1.54, 1.807) is 49.4 Å². The van der Waals surface area contributed by atoms with Crippen molar-refractivity contribution in [3.8, 4) is 11.8 Å². The fraction of sp³-hybridized carbons (Fsp3) is 0.118. The van der Waals surface area contributed by atoms with Crippen molar-refractivity contribution in [1.82, 2.24) is 0 Å². The molecule has 2 aromatic carbocycles. The Morgan fingerprint density at radius 3 is 2.91 bits per heavy atom. The SMILES string of the molecule is CC1Oc2cc(C(=O)Nc3cccc(C#N)c3)ccc2NC1=O. The summed E-state index contributed by atoms with van der Waals surface area (Å²) >= 11 is 0. The van der Waals surface area contributed by atoms with Crippen molar-refractivity contribution in [3.05, 3.63) is 53.6 Å². The van der Waals surface area contributed by atoms with E-state index in [0.717, 1.165) is 0 Å². The number of carbonyl (C=O) groups excluding carboxylic acids is 2. The quantitative estimate of drug-likeness (QED) is 0.892. The number of carbonyl (C=O) groups is 2. The van der Waals surface area contributed by atoms with Crippen LogP contribution in [0, 0.1) is 11.3 Å². The minimum absolute atomic E-state index is 0.219. The molecule has 3 rings (SSSR count). The van der Waals surface area contributed by atoms with Gasteiger partial charge in [-0.2, -0.15) is 5.26 Å². The predicted molar refractivity (Wildman–Crippen MR) is 84.3 cm³/mol. The van der Waals surface area contributed by atoms with Crippen molar-refractivity contribution >= 4 is 23.2 Å². The molecule has 1 aliphatic rings. The van der Waals surface area contributed by atoms with Crippen LogP contribution >= 0.6 is 0 Å². The molecule has 2 amide bonds. The van der Waals surface area contributed by atoms with Gasteiger partial charge in [0.25, 0.3) is 11.8 Å². The fourth-order valence-electron chi connectivity index (χ4n) is 2.21. The molecule has 0 bridgehead atoms. The second-order valence-electron chi connectivity index (χ2n) is 5.11. The summed E-state index contributed by atoms with van der Waals surface area (Å²) in [5.41, 5.74) is 1.94. The van der Waals surface area contributed by atoms with Gasteiger partial charge in [0.05, 0.1) is 17.3 Å². The van der Waals surface area contributed by atoms with Gasteiger partial charge in [0.1, 0.15) is 5.75 Å². The van der Waals surface area contributed by atoms with E-state index in [2.05, 4.69) is 10.6 Å². The van der Waals surface area contributed by atoms with E-state index < -0.39 is 6.10 Å². The second-order valence-corrected chi connectivity index (χ2v) is 5.11. The molecule has 2 aromatic rings. The van der Waals surface area contributed by atoms with Crippen LogP contribution in [0.4, 0.5) is 11.4 Å². The number of benzene rings is 2. The summed E-state index contributed by atoms with van der Waals surface area (Å²) in [6.45, 7) is 1.64.